The number of rotatable bonds is 10. The molecule has 2 aromatic rings. The Morgan fingerprint density at radius 2 is 1.88 bits per heavy atom. The van der Waals surface area contributed by atoms with Gasteiger partial charge in [-0.2, -0.15) is 13.2 Å². The number of carbonyl (C=O) groups excluding carboxylic acids is 2. The van der Waals surface area contributed by atoms with Crippen molar-refractivity contribution in [2.24, 2.45) is 5.73 Å². The first-order chi connectivity index (χ1) is 18.9. The molecular weight excluding hydrogens is 529 g/mol. The molecule has 0 radical (unpaired) electrons. The van der Waals surface area contributed by atoms with Crippen molar-refractivity contribution in [3.05, 3.63) is 59.2 Å². The molecule has 1 saturated heterocycles. The number of nitrogens with two attached hydrogens (primary N) is 1. The highest BCUT2D eigenvalue weighted by Gasteiger charge is 2.36. The molecule has 216 valence electrons. The van der Waals surface area contributed by atoms with E-state index in [2.05, 4.69) is 9.64 Å². The van der Waals surface area contributed by atoms with Gasteiger partial charge in [0, 0.05) is 42.9 Å². The van der Waals surface area contributed by atoms with Gasteiger partial charge in [0.1, 0.15) is 23.4 Å². The molecule has 0 aliphatic carbocycles. The lowest BCUT2D eigenvalue weighted by Gasteiger charge is -2.30. The Kier molecular flexibility index (Phi) is 10.2. The van der Waals surface area contributed by atoms with Crippen LogP contribution in [0.2, 0.25) is 0 Å². The maximum atomic E-state index is 14.1. The monoisotopic (exact) mass is 562 g/mol. The highest BCUT2D eigenvalue weighted by molar-refractivity contribution is 5.96. The Labute approximate surface area is 230 Å². The zero-order chi connectivity index (χ0) is 29.4. The van der Waals surface area contributed by atoms with Gasteiger partial charge in [0.25, 0.3) is 0 Å². The summed E-state index contributed by atoms with van der Waals surface area (Å²) in [5, 5.41) is 17.7. The molecule has 1 fully saturated rings. The first kappa shape index (κ1) is 30.5. The standard InChI is InChI=1S/C28H33F3N4O5/c1-34-14-11-21(12-15-34)40-24-8-6-20(17-22(24)28(29,30)31)35(25(37)9-10-26(38)39-2)13-3-4-18-16-19(27(32)33)5-7-23(18)36/h3-8,16-17,21,36H,9-15H2,1-2H3,(H3,32,33). The number of nitrogens with one attached hydrogen (secondary N) is 1. The fourth-order valence-electron chi connectivity index (χ4n) is 4.23. The SMILES string of the molecule is COC(=O)CCC(=O)N(CC=Cc1cc(C(=N)N)ccc1O)c1ccc(OC2CCN(C)CC2)c(C(F)(F)F)c1. The van der Waals surface area contributed by atoms with Gasteiger partial charge in [-0.05, 0) is 56.3 Å². The Morgan fingerprint density at radius 1 is 1.18 bits per heavy atom. The predicted octanol–water partition coefficient (Wildman–Crippen LogP) is 4.17. The number of hydrogen-bond donors (Lipinski definition) is 3. The third-order valence-corrected chi connectivity index (χ3v) is 6.54. The van der Waals surface area contributed by atoms with Gasteiger partial charge < -0.3 is 30.1 Å². The summed E-state index contributed by atoms with van der Waals surface area (Å²) < 4.78 is 52.7. The van der Waals surface area contributed by atoms with E-state index >= 15 is 0 Å². The number of amidine groups is 1. The van der Waals surface area contributed by atoms with Crippen molar-refractivity contribution < 1.29 is 37.3 Å². The predicted molar refractivity (Wildman–Crippen MR) is 144 cm³/mol. The van der Waals surface area contributed by atoms with E-state index in [1.165, 1.54) is 49.6 Å². The minimum absolute atomic E-state index is 0.0377. The quantitative estimate of drug-likeness (QED) is 0.225. The lowest BCUT2D eigenvalue weighted by atomic mass is 10.1. The smallest absolute Gasteiger partial charge is 0.420 e. The van der Waals surface area contributed by atoms with Crippen LogP contribution in [0.3, 0.4) is 0 Å². The zero-order valence-electron chi connectivity index (χ0n) is 22.3. The molecule has 3 rings (SSSR count). The number of benzene rings is 2. The van der Waals surface area contributed by atoms with Gasteiger partial charge in [0.2, 0.25) is 5.91 Å². The third kappa shape index (κ3) is 8.22. The average molecular weight is 563 g/mol. The van der Waals surface area contributed by atoms with E-state index in [0.717, 1.165) is 11.0 Å². The van der Waals surface area contributed by atoms with Gasteiger partial charge in [0.15, 0.2) is 0 Å². The van der Waals surface area contributed by atoms with Gasteiger partial charge in [0.05, 0.1) is 19.1 Å². The van der Waals surface area contributed by atoms with E-state index in [4.69, 9.17) is 15.9 Å². The van der Waals surface area contributed by atoms with Crippen LogP contribution in [0, 0.1) is 5.41 Å². The molecule has 1 aliphatic rings. The van der Waals surface area contributed by atoms with Gasteiger partial charge >= 0.3 is 12.1 Å². The van der Waals surface area contributed by atoms with Crippen LogP contribution in [0.4, 0.5) is 18.9 Å². The second-order valence-electron chi connectivity index (χ2n) is 9.47. The van der Waals surface area contributed by atoms with Crippen LogP contribution in [0.5, 0.6) is 11.5 Å². The van der Waals surface area contributed by atoms with Crippen molar-refractivity contribution >= 4 is 29.5 Å². The molecule has 0 aromatic heterocycles. The van der Waals surface area contributed by atoms with Crippen molar-refractivity contribution in [1.82, 2.24) is 4.90 Å². The topological polar surface area (TPSA) is 129 Å². The highest BCUT2D eigenvalue weighted by atomic mass is 19.4. The second-order valence-corrected chi connectivity index (χ2v) is 9.47. The van der Waals surface area contributed by atoms with Crippen LogP contribution in [0.15, 0.2) is 42.5 Å². The molecule has 0 bridgehead atoms. The first-order valence-corrected chi connectivity index (χ1v) is 12.7. The number of carbonyl (C=O) groups is 2. The zero-order valence-corrected chi connectivity index (χ0v) is 22.3. The van der Waals surface area contributed by atoms with Crippen LogP contribution in [0.25, 0.3) is 6.08 Å². The van der Waals surface area contributed by atoms with E-state index in [0.29, 0.717) is 37.1 Å². The number of amides is 1. The summed E-state index contributed by atoms with van der Waals surface area (Å²) in [5.41, 5.74) is 5.12. The number of nitrogens with zero attached hydrogens (tertiary/aromatic N) is 2. The number of piperidine rings is 1. The number of halogens is 3. The normalized spacial score (nSPS) is 14.7. The van der Waals surface area contributed by atoms with Gasteiger partial charge in [-0.3, -0.25) is 15.0 Å². The van der Waals surface area contributed by atoms with Crippen molar-refractivity contribution in [1.29, 1.82) is 5.41 Å². The van der Waals surface area contributed by atoms with E-state index in [9.17, 15) is 27.9 Å². The Hall–Kier alpha value is -4.06. The number of nitrogen functional groups attached to an aromatic ring is 1. The van der Waals surface area contributed by atoms with E-state index in [1.807, 2.05) is 7.05 Å². The second kappa shape index (κ2) is 13.3. The molecule has 0 saturated carbocycles. The van der Waals surface area contributed by atoms with E-state index in [-0.39, 0.29) is 48.5 Å². The lowest BCUT2D eigenvalue weighted by Crippen LogP contribution is -2.36. The minimum Gasteiger partial charge on any atom is -0.507 e. The Balaban J connectivity index is 1.92. The van der Waals surface area contributed by atoms with Crippen LogP contribution in [0.1, 0.15) is 42.4 Å². The van der Waals surface area contributed by atoms with Crippen molar-refractivity contribution in [3.63, 3.8) is 0 Å². The summed E-state index contributed by atoms with van der Waals surface area (Å²) in [7, 11) is 3.11. The number of hydrogen-bond acceptors (Lipinski definition) is 7. The number of likely N-dealkylation sites (tertiary alicyclic amines) is 1. The maximum Gasteiger partial charge on any atom is 0.420 e. The molecule has 40 heavy (non-hydrogen) atoms. The molecule has 0 unspecified atom stereocenters. The van der Waals surface area contributed by atoms with Gasteiger partial charge in [-0.1, -0.05) is 12.2 Å². The third-order valence-electron chi connectivity index (χ3n) is 6.54. The van der Waals surface area contributed by atoms with Crippen molar-refractivity contribution in [2.75, 3.05) is 38.7 Å². The Bertz CT molecular complexity index is 1260. The molecule has 12 heteroatoms. The molecule has 1 heterocycles. The number of phenolic OH excluding ortho intramolecular Hbond substituents is 1. The molecular formula is C28H33F3N4O5. The number of ether oxygens (including phenoxy) is 2. The molecule has 0 atom stereocenters. The Morgan fingerprint density at radius 3 is 2.50 bits per heavy atom. The molecule has 4 N–H and O–H groups in total. The summed E-state index contributed by atoms with van der Waals surface area (Å²) in [6.07, 6.45) is -1.52. The summed E-state index contributed by atoms with van der Waals surface area (Å²) in [6.45, 7) is 1.25. The van der Waals surface area contributed by atoms with Crippen LogP contribution >= 0.6 is 0 Å². The van der Waals surface area contributed by atoms with Gasteiger partial charge in [-0.25, -0.2) is 0 Å². The van der Waals surface area contributed by atoms with Crippen LogP contribution < -0.4 is 15.4 Å². The summed E-state index contributed by atoms with van der Waals surface area (Å²) in [6, 6.07) is 7.73. The highest BCUT2D eigenvalue weighted by Crippen LogP contribution is 2.40. The molecule has 9 nitrogen and oxygen atoms in total. The van der Waals surface area contributed by atoms with Crippen LogP contribution in [-0.2, 0) is 20.5 Å². The fourth-order valence-corrected chi connectivity index (χ4v) is 4.23. The summed E-state index contributed by atoms with van der Waals surface area (Å²) in [5.74, 6) is -1.87. The number of aromatic hydroxyl groups is 1. The van der Waals surface area contributed by atoms with E-state index < -0.39 is 23.6 Å². The molecule has 0 spiro atoms. The number of anilines is 1. The van der Waals surface area contributed by atoms with Crippen LogP contribution in [-0.4, -0.2) is 67.6 Å². The minimum atomic E-state index is -4.74. The molecule has 1 aliphatic heterocycles. The fraction of sp³-hybridized carbons (Fsp3) is 0.393. The number of phenols is 1. The molecule has 1 amide bonds. The van der Waals surface area contributed by atoms with E-state index in [1.54, 1.807) is 0 Å². The first-order valence-electron chi connectivity index (χ1n) is 12.7. The largest absolute Gasteiger partial charge is 0.507 e. The van der Waals surface area contributed by atoms with Crippen molar-refractivity contribution in [3.8, 4) is 11.5 Å². The lowest BCUT2D eigenvalue weighted by molar-refractivity contribution is -0.142. The average Bonchev–Trinajstić information content (AvgIpc) is 2.91. The maximum absolute atomic E-state index is 14.1. The number of alkyl halides is 3. The molecule has 2 aromatic carbocycles. The summed E-state index contributed by atoms with van der Waals surface area (Å²) >= 11 is 0. The number of methoxy groups -OCH3 is 1. The van der Waals surface area contributed by atoms with Crippen molar-refractivity contribution in [2.45, 2.75) is 38.0 Å². The van der Waals surface area contributed by atoms with Gasteiger partial charge in [-0.15, -0.1) is 0 Å². The number of esters is 1. The summed E-state index contributed by atoms with van der Waals surface area (Å²) in [4.78, 5) is 27.9.